The van der Waals surface area contributed by atoms with Gasteiger partial charge < -0.3 is 30.5 Å². The quantitative estimate of drug-likeness (QED) is 0.117. The van der Waals surface area contributed by atoms with Crippen molar-refractivity contribution < 1.29 is 34.8 Å². The summed E-state index contributed by atoms with van der Waals surface area (Å²) in [5.74, 6) is 6.22. The maximum atomic E-state index is 12.8. The Hall–Kier alpha value is -3.97. The number of fused-ring (bicyclic) bond motifs is 6. The van der Waals surface area contributed by atoms with Gasteiger partial charge in [-0.2, -0.15) is 0 Å². The normalized spacial score (nSPS) is 34.4. The summed E-state index contributed by atoms with van der Waals surface area (Å²) < 4.78 is 5.12. The van der Waals surface area contributed by atoms with E-state index in [2.05, 4.69) is 42.9 Å². The van der Waals surface area contributed by atoms with E-state index >= 15 is 0 Å². The molecule has 1 heterocycles. The van der Waals surface area contributed by atoms with Crippen LogP contribution in [0.2, 0.25) is 0 Å². The molecule has 4 aliphatic carbocycles. The molecule has 0 amide bonds. The number of carbonyl (C=O) groups is 2. The summed E-state index contributed by atoms with van der Waals surface area (Å²) in [5.41, 5.74) is 3.73. The molecular formula is C46H58N2O7. The molecule has 5 N–H and O–H groups in total. The molecule has 11 atom stereocenters. The number of carboxylic acids is 1. The van der Waals surface area contributed by atoms with Gasteiger partial charge in [0.25, 0.3) is 0 Å². The molecule has 3 aromatic rings. The van der Waals surface area contributed by atoms with Gasteiger partial charge in [0.15, 0.2) is 0 Å². The minimum atomic E-state index is -1.17. The Labute approximate surface area is 325 Å². The number of anilines is 1. The highest BCUT2D eigenvalue weighted by Gasteiger charge is 2.66. The highest BCUT2D eigenvalue weighted by atomic mass is 16.5. The zero-order chi connectivity index (χ0) is 39.4. The number of aliphatic carboxylic acids is 1. The summed E-state index contributed by atoms with van der Waals surface area (Å²) in [7, 11) is 1.38. The van der Waals surface area contributed by atoms with E-state index in [1.165, 1.54) is 7.11 Å². The lowest BCUT2D eigenvalue weighted by molar-refractivity contribution is -0.211. The average Bonchev–Trinajstić information content (AvgIpc) is 3.51. The smallest absolute Gasteiger partial charge is 0.341 e. The summed E-state index contributed by atoms with van der Waals surface area (Å²) in [4.78, 5) is 28.8. The molecule has 9 heteroatoms. The molecule has 7 rings (SSSR count). The van der Waals surface area contributed by atoms with Gasteiger partial charge in [-0.05, 0) is 141 Å². The highest BCUT2D eigenvalue weighted by Crippen LogP contribution is 2.69. The van der Waals surface area contributed by atoms with Crippen LogP contribution in [0, 0.1) is 72.0 Å². The molecule has 0 saturated heterocycles. The van der Waals surface area contributed by atoms with Crippen molar-refractivity contribution in [2.75, 3.05) is 12.4 Å². The molecule has 4 aliphatic rings. The SMILES string of the molecule is COC(=O)c1c(C)nc2cccc(C)c2c1NCc1ccc(C#CC2(O)CCC3(C)C(CC(O)C4C3CC(O)C3(C)C(C(C)CCC(=O)O)CCC43)C2)cc1. The summed E-state index contributed by atoms with van der Waals surface area (Å²) in [6.45, 7) is 11.0. The predicted molar refractivity (Wildman–Crippen MR) is 212 cm³/mol. The maximum Gasteiger partial charge on any atom is 0.341 e. The maximum absolute atomic E-state index is 12.8. The summed E-state index contributed by atoms with van der Waals surface area (Å²) >= 11 is 0. The molecule has 11 unspecified atom stereocenters. The van der Waals surface area contributed by atoms with Crippen molar-refractivity contribution >= 4 is 28.5 Å². The van der Waals surface area contributed by atoms with E-state index < -0.39 is 29.7 Å². The van der Waals surface area contributed by atoms with Crippen molar-refractivity contribution in [3.63, 3.8) is 0 Å². The van der Waals surface area contributed by atoms with Crippen molar-refractivity contribution in [2.24, 2.45) is 46.3 Å². The Kier molecular flexibility index (Phi) is 10.6. The number of hydrogen-bond acceptors (Lipinski definition) is 8. The van der Waals surface area contributed by atoms with Gasteiger partial charge in [-0.25, -0.2) is 4.79 Å². The predicted octanol–water partition coefficient (Wildman–Crippen LogP) is 7.43. The van der Waals surface area contributed by atoms with Crippen LogP contribution in [0.15, 0.2) is 42.5 Å². The number of hydrogen-bond donors (Lipinski definition) is 5. The Morgan fingerprint density at radius 1 is 1.04 bits per heavy atom. The minimum absolute atomic E-state index is 0.0833. The number of aliphatic hydroxyl groups excluding tert-OH is 2. The number of aryl methyl sites for hydroxylation is 2. The Balaban J connectivity index is 1.04. The van der Waals surface area contributed by atoms with Crippen molar-refractivity contribution in [3.8, 4) is 11.8 Å². The van der Waals surface area contributed by atoms with Crippen LogP contribution < -0.4 is 5.32 Å². The fourth-order valence-electron chi connectivity index (χ4n) is 12.0. The van der Waals surface area contributed by atoms with E-state index in [9.17, 15) is 30.0 Å². The summed E-state index contributed by atoms with van der Waals surface area (Å²) in [6.07, 6.45) is 4.72. The van der Waals surface area contributed by atoms with Gasteiger partial charge in [-0.1, -0.05) is 56.9 Å². The average molecular weight is 751 g/mol. The molecular weight excluding hydrogens is 693 g/mol. The number of carbonyl (C=O) groups excluding carboxylic acids is 1. The van der Waals surface area contributed by atoms with Gasteiger partial charge >= 0.3 is 11.9 Å². The lowest BCUT2D eigenvalue weighted by Gasteiger charge is -2.64. The van der Waals surface area contributed by atoms with Crippen LogP contribution in [0.5, 0.6) is 0 Å². The number of benzene rings is 2. The van der Waals surface area contributed by atoms with Crippen LogP contribution in [0.4, 0.5) is 5.69 Å². The van der Waals surface area contributed by atoms with Crippen molar-refractivity contribution in [1.82, 2.24) is 4.98 Å². The number of esters is 1. The number of pyridine rings is 1. The van der Waals surface area contributed by atoms with Crippen LogP contribution in [-0.4, -0.2) is 62.3 Å². The summed E-state index contributed by atoms with van der Waals surface area (Å²) in [6, 6.07) is 13.8. The monoisotopic (exact) mass is 750 g/mol. The van der Waals surface area contributed by atoms with E-state index in [4.69, 9.17) is 4.74 Å². The highest BCUT2D eigenvalue weighted by molar-refractivity contribution is 6.07. The number of aromatic nitrogens is 1. The molecule has 0 spiro atoms. The number of ether oxygens (including phenoxy) is 1. The van der Waals surface area contributed by atoms with Crippen LogP contribution in [0.3, 0.4) is 0 Å². The van der Waals surface area contributed by atoms with E-state index in [0.29, 0.717) is 55.6 Å². The Bertz CT molecular complexity index is 2020. The molecule has 55 heavy (non-hydrogen) atoms. The number of carboxylic acid groups (broad SMARTS) is 1. The zero-order valence-electron chi connectivity index (χ0n) is 33.2. The molecule has 4 saturated carbocycles. The first-order valence-electron chi connectivity index (χ1n) is 20.2. The molecule has 9 nitrogen and oxygen atoms in total. The third-order valence-corrected chi connectivity index (χ3v) is 15.1. The number of methoxy groups -OCH3 is 1. The zero-order valence-corrected chi connectivity index (χ0v) is 33.2. The van der Waals surface area contributed by atoms with Gasteiger partial charge in [-0.3, -0.25) is 9.78 Å². The fourth-order valence-corrected chi connectivity index (χ4v) is 12.0. The number of rotatable bonds is 8. The Morgan fingerprint density at radius 3 is 2.49 bits per heavy atom. The third-order valence-electron chi connectivity index (χ3n) is 15.1. The molecule has 294 valence electrons. The first-order chi connectivity index (χ1) is 26.1. The van der Waals surface area contributed by atoms with Crippen LogP contribution in [-0.2, 0) is 16.1 Å². The first kappa shape index (κ1) is 39.3. The molecule has 0 bridgehead atoms. The van der Waals surface area contributed by atoms with E-state index in [1.54, 1.807) is 0 Å². The topological polar surface area (TPSA) is 149 Å². The van der Waals surface area contributed by atoms with E-state index in [-0.39, 0.29) is 52.8 Å². The molecule has 1 aromatic heterocycles. The molecule has 0 aliphatic heterocycles. The second kappa shape index (κ2) is 14.8. The molecule has 0 radical (unpaired) electrons. The van der Waals surface area contributed by atoms with Crippen molar-refractivity contribution in [2.45, 2.75) is 117 Å². The van der Waals surface area contributed by atoms with Crippen molar-refractivity contribution in [1.29, 1.82) is 0 Å². The lowest BCUT2D eigenvalue weighted by Crippen LogP contribution is -2.63. The number of aliphatic hydroxyl groups is 3. The minimum Gasteiger partial charge on any atom is -0.481 e. The second-order valence-corrected chi connectivity index (χ2v) is 18.0. The fraction of sp³-hybridized carbons (Fsp3) is 0.587. The van der Waals surface area contributed by atoms with Gasteiger partial charge in [0.05, 0.1) is 36.2 Å². The Morgan fingerprint density at radius 2 is 1.78 bits per heavy atom. The molecule has 2 aromatic carbocycles. The van der Waals surface area contributed by atoms with E-state index in [1.807, 2.05) is 56.3 Å². The van der Waals surface area contributed by atoms with Gasteiger partial charge in [-0.15, -0.1) is 0 Å². The standard InChI is InChI=1S/C46H58N2O7/c1-26(10-17-38(51)52)32-15-16-33-41-34(23-37(50)45(32,33)5)44(4)20-21-46(54,24-31(44)22-36(41)49)19-18-29-11-13-30(14-12-29)25-47-42-39-27(2)8-7-9-35(39)48-28(3)40(42)43(53)55-6/h7-9,11-14,26,31-34,36-37,41,49-50,54H,10,15-17,20-25H2,1-6H3,(H,47,48)(H,51,52). The van der Waals surface area contributed by atoms with Crippen LogP contribution in [0.25, 0.3) is 10.9 Å². The van der Waals surface area contributed by atoms with Gasteiger partial charge in [0.2, 0.25) is 0 Å². The second-order valence-electron chi connectivity index (χ2n) is 18.0. The lowest BCUT2D eigenvalue weighted by atomic mass is 9.42. The van der Waals surface area contributed by atoms with Gasteiger partial charge in [0, 0.05) is 23.9 Å². The summed E-state index contributed by atoms with van der Waals surface area (Å²) in [5, 5.41) is 49.3. The first-order valence-corrected chi connectivity index (χ1v) is 20.2. The third kappa shape index (κ3) is 6.93. The number of nitrogens with one attached hydrogen (secondary N) is 1. The van der Waals surface area contributed by atoms with Crippen molar-refractivity contribution in [3.05, 3.63) is 70.4 Å². The van der Waals surface area contributed by atoms with E-state index in [0.717, 1.165) is 46.9 Å². The molecule has 4 fully saturated rings. The van der Waals surface area contributed by atoms with Crippen LogP contribution >= 0.6 is 0 Å². The number of nitrogens with zero attached hydrogens (tertiary/aromatic N) is 1. The largest absolute Gasteiger partial charge is 0.481 e. The van der Waals surface area contributed by atoms with Crippen LogP contribution in [0.1, 0.15) is 111 Å². The van der Waals surface area contributed by atoms with Gasteiger partial charge in [0.1, 0.15) is 11.2 Å².